The van der Waals surface area contributed by atoms with E-state index in [4.69, 9.17) is 9.57 Å². The van der Waals surface area contributed by atoms with Crippen LogP contribution in [0.3, 0.4) is 0 Å². The van der Waals surface area contributed by atoms with E-state index in [0.29, 0.717) is 19.4 Å². The summed E-state index contributed by atoms with van der Waals surface area (Å²) in [6.07, 6.45) is 0.399. The van der Waals surface area contributed by atoms with Gasteiger partial charge in [0, 0.05) is 20.0 Å². The highest BCUT2D eigenvalue weighted by molar-refractivity contribution is 5.74. The molecule has 1 N–H and O–H groups in total. The molecule has 19 heavy (non-hydrogen) atoms. The number of hydrogen-bond acceptors (Lipinski definition) is 4. The van der Waals surface area contributed by atoms with Gasteiger partial charge in [0.15, 0.2) is 0 Å². The van der Waals surface area contributed by atoms with Gasteiger partial charge in [0.2, 0.25) is 5.91 Å². The maximum atomic E-state index is 11.3. The van der Waals surface area contributed by atoms with Crippen molar-refractivity contribution in [2.75, 3.05) is 20.7 Å². The molecule has 0 unspecified atom stereocenters. The van der Waals surface area contributed by atoms with Crippen LogP contribution in [0.25, 0.3) is 0 Å². The van der Waals surface area contributed by atoms with Gasteiger partial charge in [-0.15, -0.1) is 13.2 Å². The Labute approximate surface area is 115 Å². The molecule has 0 saturated carbocycles. The van der Waals surface area contributed by atoms with Crippen molar-refractivity contribution in [3.05, 3.63) is 13.2 Å². The van der Waals surface area contributed by atoms with Gasteiger partial charge in [0.25, 0.3) is 0 Å². The molecule has 0 aromatic heterocycles. The third-order valence-corrected chi connectivity index (χ3v) is 1.86. The van der Waals surface area contributed by atoms with Crippen LogP contribution in [0.5, 0.6) is 0 Å². The van der Waals surface area contributed by atoms with E-state index in [1.807, 2.05) is 0 Å². The van der Waals surface area contributed by atoms with Crippen LogP contribution in [0.4, 0.5) is 4.79 Å². The van der Waals surface area contributed by atoms with Gasteiger partial charge in [-0.1, -0.05) is 0 Å². The number of ether oxygens (including phenoxy) is 1. The van der Waals surface area contributed by atoms with E-state index in [1.165, 1.54) is 7.11 Å². The lowest BCUT2D eigenvalue weighted by Gasteiger charge is -2.19. The molecule has 0 aliphatic rings. The van der Waals surface area contributed by atoms with E-state index in [2.05, 4.69) is 18.5 Å². The third kappa shape index (κ3) is 12.7. The van der Waals surface area contributed by atoms with E-state index in [9.17, 15) is 9.59 Å². The number of amides is 2. The standard InChI is InChI=1S/C11H22N2O4.C2H4/c1-11(2,3)17-10(15)12-8-6-7-9(14)13(4)16-5;1-2/h6-8H2,1-5H3,(H,12,15);1-2H2. The quantitative estimate of drug-likeness (QED) is 0.473. The number of hydrogen-bond donors (Lipinski definition) is 1. The van der Waals surface area contributed by atoms with Gasteiger partial charge in [-0.3, -0.25) is 9.63 Å². The van der Waals surface area contributed by atoms with E-state index < -0.39 is 11.7 Å². The molecule has 0 aliphatic heterocycles. The van der Waals surface area contributed by atoms with Crippen molar-refractivity contribution in [3.63, 3.8) is 0 Å². The predicted octanol–water partition coefficient (Wildman–Crippen LogP) is 2.11. The molecule has 0 rings (SSSR count). The molecule has 0 aliphatic carbocycles. The van der Waals surface area contributed by atoms with Gasteiger partial charge in [0.1, 0.15) is 5.60 Å². The minimum Gasteiger partial charge on any atom is -0.444 e. The molecular weight excluding hydrogens is 248 g/mol. The minimum absolute atomic E-state index is 0.126. The Hall–Kier alpha value is -1.56. The van der Waals surface area contributed by atoms with Crippen molar-refractivity contribution in [1.82, 2.24) is 10.4 Å². The summed E-state index contributed by atoms with van der Waals surface area (Å²) < 4.78 is 5.04. The summed E-state index contributed by atoms with van der Waals surface area (Å²) in [6.45, 7) is 11.8. The molecule has 0 atom stereocenters. The SMILES string of the molecule is C=C.CON(C)C(=O)CCCNC(=O)OC(C)(C)C. The summed E-state index contributed by atoms with van der Waals surface area (Å²) >= 11 is 0. The van der Waals surface area contributed by atoms with Gasteiger partial charge in [-0.2, -0.15) is 0 Å². The summed E-state index contributed by atoms with van der Waals surface area (Å²) in [6, 6.07) is 0. The second-order valence-electron chi connectivity index (χ2n) is 4.61. The number of nitrogens with zero attached hydrogens (tertiary/aromatic N) is 1. The number of nitrogens with one attached hydrogen (secondary N) is 1. The predicted molar refractivity (Wildman–Crippen MR) is 74.5 cm³/mol. The smallest absolute Gasteiger partial charge is 0.407 e. The number of alkyl carbamates (subject to hydrolysis) is 1. The highest BCUT2D eigenvalue weighted by Gasteiger charge is 2.15. The molecule has 0 heterocycles. The zero-order chi connectivity index (χ0) is 15.5. The van der Waals surface area contributed by atoms with Crippen LogP contribution in [0, 0.1) is 0 Å². The number of hydroxylamine groups is 2. The fourth-order valence-corrected chi connectivity index (χ4v) is 1.00. The van der Waals surface area contributed by atoms with Crippen molar-refractivity contribution >= 4 is 12.0 Å². The Morgan fingerprint density at radius 3 is 2.21 bits per heavy atom. The van der Waals surface area contributed by atoms with E-state index >= 15 is 0 Å². The third-order valence-electron chi connectivity index (χ3n) is 1.86. The Morgan fingerprint density at radius 2 is 1.79 bits per heavy atom. The van der Waals surface area contributed by atoms with Crippen molar-refractivity contribution in [2.24, 2.45) is 0 Å². The van der Waals surface area contributed by atoms with Gasteiger partial charge in [-0.05, 0) is 27.2 Å². The van der Waals surface area contributed by atoms with Crippen LogP contribution >= 0.6 is 0 Å². The van der Waals surface area contributed by atoms with Crippen molar-refractivity contribution in [2.45, 2.75) is 39.2 Å². The van der Waals surface area contributed by atoms with Crippen molar-refractivity contribution < 1.29 is 19.2 Å². The lowest BCUT2D eigenvalue weighted by molar-refractivity contribution is -0.168. The lowest BCUT2D eigenvalue weighted by atomic mass is 10.2. The van der Waals surface area contributed by atoms with Crippen molar-refractivity contribution in [1.29, 1.82) is 0 Å². The highest BCUT2D eigenvalue weighted by atomic mass is 16.7. The van der Waals surface area contributed by atoms with Crippen molar-refractivity contribution in [3.8, 4) is 0 Å². The number of rotatable bonds is 5. The van der Waals surface area contributed by atoms with E-state index in [1.54, 1.807) is 27.8 Å². The molecule has 0 spiro atoms. The molecule has 0 fully saturated rings. The molecule has 0 bridgehead atoms. The van der Waals surface area contributed by atoms with Gasteiger partial charge < -0.3 is 10.1 Å². The van der Waals surface area contributed by atoms with Gasteiger partial charge in [-0.25, -0.2) is 9.86 Å². The molecule has 112 valence electrons. The van der Waals surface area contributed by atoms with E-state index in [0.717, 1.165) is 5.06 Å². The van der Waals surface area contributed by atoms with Crippen LogP contribution in [0.1, 0.15) is 33.6 Å². The maximum absolute atomic E-state index is 11.3. The van der Waals surface area contributed by atoms with Crippen LogP contribution in [-0.4, -0.2) is 43.4 Å². The maximum Gasteiger partial charge on any atom is 0.407 e. The second kappa shape index (κ2) is 10.4. The first kappa shape index (κ1) is 19.8. The summed E-state index contributed by atoms with van der Waals surface area (Å²) in [5, 5.41) is 3.74. The average Bonchev–Trinajstić information content (AvgIpc) is 2.33. The van der Waals surface area contributed by atoms with Crippen LogP contribution in [-0.2, 0) is 14.4 Å². The summed E-state index contributed by atoms with van der Waals surface area (Å²) in [5.74, 6) is -0.126. The fraction of sp³-hybridized carbons (Fsp3) is 0.692. The average molecular weight is 274 g/mol. The molecule has 0 aromatic rings. The Bertz CT molecular complexity index is 274. The topological polar surface area (TPSA) is 67.9 Å². The molecule has 0 radical (unpaired) electrons. The Kier molecular flexibility index (Phi) is 10.8. The molecule has 0 aromatic carbocycles. The first-order valence-electron chi connectivity index (χ1n) is 6.04. The van der Waals surface area contributed by atoms with Crippen LogP contribution in [0.2, 0.25) is 0 Å². The second-order valence-corrected chi connectivity index (χ2v) is 4.61. The molecule has 0 saturated heterocycles. The first-order valence-corrected chi connectivity index (χ1v) is 6.04. The van der Waals surface area contributed by atoms with Crippen LogP contribution < -0.4 is 5.32 Å². The zero-order valence-electron chi connectivity index (χ0n) is 12.6. The monoisotopic (exact) mass is 274 g/mol. The Morgan fingerprint density at radius 1 is 1.26 bits per heavy atom. The normalized spacial score (nSPS) is 9.95. The van der Waals surface area contributed by atoms with Crippen LogP contribution in [0.15, 0.2) is 13.2 Å². The largest absolute Gasteiger partial charge is 0.444 e. The molecule has 6 heteroatoms. The number of carbonyl (C=O) groups is 2. The molecular formula is C13H26N2O4. The molecule has 6 nitrogen and oxygen atoms in total. The minimum atomic E-state index is -0.504. The summed E-state index contributed by atoms with van der Waals surface area (Å²) in [4.78, 5) is 27.3. The van der Waals surface area contributed by atoms with Gasteiger partial charge >= 0.3 is 6.09 Å². The Balaban J connectivity index is 0. The zero-order valence-corrected chi connectivity index (χ0v) is 12.6. The highest BCUT2D eigenvalue weighted by Crippen LogP contribution is 2.06. The molecule has 2 amide bonds. The first-order chi connectivity index (χ1) is 8.76. The number of carbonyl (C=O) groups excluding carboxylic acids is 2. The summed E-state index contributed by atoms with van der Waals surface area (Å²) in [5.41, 5.74) is -0.504. The van der Waals surface area contributed by atoms with Gasteiger partial charge in [0.05, 0.1) is 7.11 Å². The fourth-order valence-electron chi connectivity index (χ4n) is 1.00. The van der Waals surface area contributed by atoms with E-state index in [-0.39, 0.29) is 5.91 Å². The lowest BCUT2D eigenvalue weighted by Crippen LogP contribution is -2.33. The summed E-state index contributed by atoms with van der Waals surface area (Å²) in [7, 11) is 2.97.